The highest BCUT2D eigenvalue weighted by molar-refractivity contribution is 7.90. The van der Waals surface area contributed by atoms with Crippen molar-refractivity contribution < 1.29 is 8.42 Å². The van der Waals surface area contributed by atoms with Crippen molar-refractivity contribution in [3.05, 3.63) is 36.0 Å². The summed E-state index contributed by atoms with van der Waals surface area (Å²) in [6.45, 7) is 1.98. The van der Waals surface area contributed by atoms with Gasteiger partial charge >= 0.3 is 0 Å². The number of hydrogen-bond donors (Lipinski definition) is 0. The lowest BCUT2D eigenvalue weighted by Crippen LogP contribution is -1.97. The Bertz CT molecular complexity index is 618. The van der Waals surface area contributed by atoms with E-state index < -0.39 is 9.84 Å². The summed E-state index contributed by atoms with van der Waals surface area (Å²) in [6, 6.07) is 7.40. The molecule has 1 aromatic carbocycles. The van der Waals surface area contributed by atoms with Gasteiger partial charge in [0.05, 0.1) is 10.4 Å². The average Bonchev–Trinajstić information content (AvgIpc) is 2.15. The maximum absolute atomic E-state index is 11.3. The van der Waals surface area contributed by atoms with E-state index in [9.17, 15) is 8.42 Å². The van der Waals surface area contributed by atoms with Crippen LogP contribution in [0.25, 0.3) is 10.9 Å². The number of benzene rings is 1. The summed E-state index contributed by atoms with van der Waals surface area (Å²) in [6.07, 6.45) is 2.58. The molecule has 0 aliphatic heterocycles. The van der Waals surface area contributed by atoms with Crippen molar-refractivity contribution in [2.75, 3.05) is 6.26 Å². The Morgan fingerprint density at radius 2 is 1.93 bits per heavy atom. The van der Waals surface area contributed by atoms with Gasteiger partial charge in [0.25, 0.3) is 0 Å². The number of pyridine rings is 1. The smallest absolute Gasteiger partial charge is 0.177 e. The number of rotatable bonds is 1. The summed E-state index contributed by atoms with van der Waals surface area (Å²) < 4.78 is 22.6. The van der Waals surface area contributed by atoms with E-state index in [4.69, 9.17) is 0 Å². The van der Waals surface area contributed by atoms with Crippen LogP contribution in [0.15, 0.2) is 35.4 Å². The van der Waals surface area contributed by atoms with Crippen LogP contribution in [0.5, 0.6) is 0 Å². The summed E-state index contributed by atoms with van der Waals surface area (Å²) in [5, 5.41) is 0.850. The van der Waals surface area contributed by atoms with Crippen LogP contribution in [-0.4, -0.2) is 19.7 Å². The zero-order valence-corrected chi connectivity index (χ0v) is 9.38. The Balaban J connectivity index is 2.73. The van der Waals surface area contributed by atoms with Gasteiger partial charge in [-0.15, -0.1) is 0 Å². The Morgan fingerprint density at radius 3 is 2.60 bits per heavy atom. The second kappa shape index (κ2) is 3.31. The van der Waals surface area contributed by atoms with Crippen molar-refractivity contribution in [1.29, 1.82) is 0 Å². The number of aryl methyl sites for hydroxylation is 1. The van der Waals surface area contributed by atoms with E-state index in [0.29, 0.717) is 0 Å². The van der Waals surface area contributed by atoms with Crippen molar-refractivity contribution >= 4 is 20.7 Å². The van der Waals surface area contributed by atoms with E-state index in [1.165, 1.54) is 12.5 Å². The zero-order chi connectivity index (χ0) is 11.1. The van der Waals surface area contributed by atoms with Gasteiger partial charge in [-0.25, -0.2) is 8.42 Å². The van der Waals surface area contributed by atoms with Gasteiger partial charge in [-0.1, -0.05) is 12.1 Å². The molecule has 1 heterocycles. The lowest BCUT2D eigenvalue weighted by Gasteiger charge is -2.01. The van der Waals surface area contributed by atoms with Gasteiger partial charge in [-0.2, -0.15) is 0 Å². The largest absolute Gasteiger partial charge is 0.255 e. The van der Waals surface area contributed by atoms with Crippen LogP contribution >= 0.6 is 0 Å². The Labute approximate surface area is 88.7 Å². The maximum Gasteiger partial charge on any atom is 0.177 e. The van der Waals surface area contributed by atoms with Crippen molar-refractivity contribution in [2.24, 2.45) is 0 Å². The maximum atomic E-state index is 11.3. The molecule has 3 nitrogen and oxygen atoms in total. The number of aromatic nitrogens is 1. The standard InChI is InChI=1S/C11H11NO2S/c1-8-3-4-9-6-10(15(2,13)14)7-12-11(9)5-8/h3-7H,1-2H3. The molecule has 0 N–H and O–H groups in total. The molecular weight excluding hydrogens is 210 g/mol. The van der Waals surface area contributed by atoms with Gasteiger partial charge in [0.2, 0.25) is 0 Å². The fraction of sp³-hybridized carbons (Fsp3) is 0.182. The SMILES string of the molecule is Cc1ccc2cc(S(C)(=O)=O)cnc2c1. The fourth-order valence-electron chi connectivity index (χ4n) is 1.41. The molecule has 15 heavy (non-hydrogen) atoms. The molecule has 0 aliphatic rings. The van der Waals surface area contributed by atoms with Crippen LogP contribution in [0, 0.1) is 6.92 Å². The first-order valence-electron chi connectivity index (χ1n) is 4.53. The molecule has 0 bridgehead atoms. The predicted molar refractivity (Wildman–Crippen MR) is 59.6 cm³/mol. The van der Waals surface area contributed by atoms with Crippen molar-refractivity contribution in [3.8, 4) is 0 Å². The zero-order valence-electron chi connectivity index (χ0n) is 8.56. The molecule has 0 radical (unpaired) electrons. The van der Waals surface area contributed by atoms with Gasteiger partial charge in [-0.3, -0.25) is 4.98 Å². The molecular formula is C11H11NO2S. The third-order valence-corrected chi connectivity index (χ3v) is 3.32. The quantitative estimate of drug-likeness (QED) is 0.739. The number of nitrogens with zero attached hydrogens (tertiary/aromatic N) is 1. The second-order valence-corrected chi connectivity index (χ2v) is 5.66. The van der Waals surface area contributed by atoms with Crippen LogP contribution in [0.1, 0.15) is 5.56 Å². The van der Waals surface area contributed by atoms with Gasteiger partial charge in [0.1, 0.15) is 0 Å². The lowest BCUT2D eigenvalue weighted by atomic mass is 10.1. The molecule has 0 aliphatic carbocycles. The van der Waals surface area contributed by atoms with E-state index in [1.807, 2.05) is 25.1 Å². The van der Waals surface area contributed by atoms with Gasteiger partial charge in [0, 0.05) is 17.8 Å². The average molecular weight is 221 g/mol. The topological polar surface area (TPSA) is 47.0 Å². The third-order valence-electron chi connectivity index (χ3n) is 2.24. The molecule has 0 saturated heterocycles. The fourth-order valence-corrected chi connectivity index (χ4v) is 2.00. The van der Waals surface area contributed by atoms with Crippen molar-refractivity contribution in [2.45, 2.75) is 11.8 Å². The van der Waals surface area contributed by atoms with Gasteiger partial charge < -0.3 is 0 Å². The molecule has 0 atom stereocenters. The molecule has 2 aromatic rings. The number of hydrogen-bond acceptors (Lipinski definition) is 3. The molecule has 0 amide bonds. The highest BCUT2D eigenvalue weighted by Crippen LogP contribution is 2.17. The molecule has 0 spiro atoms. The Morgan fingerprint density at radius 1 is 1.20 bits per heavy atom. The first-order valence-corrected chi connectivity index (χ1v) is 6.42. The minimum Gasteiger partial charge on any atom is -0.255 e. The Kier molecular flexibility index (Phi) is 2.23. The van der Waals surface area contributed by atoms with Crippen LogP contribution in [0.4, 0.5) is 0 Å². The Hall–Kier alpha value is -1.42. The summed E-state index contributed by atoms with van der Waals surface area (Å²) in [7, 11) is -3.17. The molecule has 4 heteroatoms. The summed E-state index contributed by atoms with van der Waals surface area (Å²) in [5.74, 6) is 0. The minimum atomic E-state index is -3.17. The predicted octanol–water partition coefficient (Wildman–Crippen LogP) is 1.95. The van der Waals surface area contributed by atoms with E-state index in [2.05, 4.69) is 4.98 Å². The van der Waals surface area contributed by atoms with Gasteiger partial charge in [0.15, 0.2) is 9.84 Å². The van der Waals surface area contributed by atoms with E-state index in [-0.39, 0.29) is 4.90 Å². The second-order valence-electron chi connectivity index (χ2n) is 3.64. The monoisotopic (exact) mass is 221 g/mol. The van der Waals surface area contributed by atoms with E-state index >= 15 is 0 Å². The van der Waals surface area contributed by atoms with Gasteiger partial charge in [-0.05, 0) is 24.6 Å². The van der Waals surface area contributed by atoms with Crippen LogP contribution < -0.4 is 0 Å². The van der Waals surface area contributed by atoms with E-state index in [0.717, 1.165) is 16.5 Å². The third kappa shape index (κ3) is 1.99. The molecule has 2 rings (SSSR count). The normalized spacial score (nSPS) is 11.9. The molecule has 78 valence electrons. The first-order chi connectivity index (χ1) is 6.97. The highest BCUT2D eigenvalue weighted by Gasteiger charge is 2.08. The summed E-state index contributed by atoms with van der Waals surface area (Å²) >= 11 is 0. The number of sulfone groups is 1. The molecule has 0 saturated carbocycles. The molecule has 0 unspecified atom stereocenters. The van der Waals surface area contributed by atoms with Crippen LogP contribution in [0.2, 0.25) is 0 Å². The van der Waals surface area contributed by atoms with Crippen molar-refractivity contribution in [1.82, 2.24) is 4.98 Å². The van der Waals surface area contributed by atoms with Crippen molar-refractivity contribution in [3.63, 3.8) is 0 Å². The molecule has 0 fully saturated rings. The minimum absolute atomic E-state index is 0.263. The summed E-state index contributed by atoms with van der Waals surface area (Å²) in [4.78, 5) is 4.39. The number of fused-ring (bicyclic) bond motifs is 1. The summed E-state index contributed by atoms with van der Waals surface area (Å²) in [5.41, 5.74) is 1.93. The van der Waals surface area contributed by atoms with Crippen LogP contribution in [0.3, 0.4) is 0 Å². The van der Waals surface area contributed by atoms with Crippen LogP contribution in [-0.2, 0) is 9.84 Å². The van der Waals surface area contributed by atoms with E-state index in [1.54, 1.807) is 6.07 Å². The first kappa shape index (κ1) is 10.1. The lowest BCUT2D eigenvalue weighted by molar-refractivity contribution is 0.601. The molecule has 1 aromatic heterocycles. The highest BCUT2D eigenvalue weighted by atomic mass is 32.2.